The summed E-state index contributed by atoms with van der Waals surface area (Å²) in [5.41, 5.74) is -0.149. The summed E-state index contributed by atoms with van der Waals surface area (Å²) in [4.78, 5) is 4.13. The lowest BCUT2D eigenvalue weighted by Crippen LogP contribution is -2.26. The highest BCUT2D eigenvalue weighted by molar-refractivity contribution is 5.50. The van der Waals surface area contributed by atoms with Gasteiger partial charge in [0.1, 0.15) is 12.1 Å². The predicted molar refractivity (Wildman–Crippen MR) is 45.7 cm³/mol. The maximum absolute atomic E-state index is 4.95. The van der Waals surface area contributed by atoms with Crippen LogP contribution < -0.4 is 0 Å². The van der Waals surface area contributed by atoms with Crippen LogP contribution in [0.25, 0.3) is 0 Å². The Hall–Kier alpha value is -1.05. The largest absolute Gasteiger partial charge is 0.471 e. The predicted octanol–water partition coefficient (Wildman–Crippen LogP) is 1.81. The van der Waals surface area contributed by atoms with E-state index in [0.717, 1.165) is 12.8 Å². The van der Waals surface area contributed by atoms with Gasteiger partial charge in [0.25, 0.3) is 6.40 Å². The van der Waals surface area contributed by atoms with E-state index in [1.165, 1.54) is 0 Å². The third-order valence-corrected chi connectivity index (χ3v) is 1.74. The first-order valence-corrected chi connectivity index (χ1v) is 3.63. The third kappa shape index (κ3) is 1.70. The van der Waals surface area contributed by atoms with Crippen LogP contribution in [-0.4, -0.2) is 18.5 Å². The van der Waals surface area contributed by atoms with Gasteiger partial charge in [-0.05, 0) is 12.8 Å². The molecule has 0 aromatic carbocycles. The Balaban J connectivity index is 2.61. The molecule has 0 amide bonds. The van der Waals surface area contributed by atoms with E-state index in [2.05, 4.69) is 24.6 Å². The summed E-state index contributed by atoms with van der Waals surface area (Å²) in [5, 5.41) is 0. The minimum absolute atomic E-state index is 0.149. The molecule has 0 fully saturated rings. The van der Waals surface area contributed by atoms with Crippen LogP contribution in [-0.2, 0) is 4.74 Å². The highest BCUT2D eigenvalue weighted by Crippen LogP contribution is 2.25. The third-order valence-electron chi connectivity index (χ3n) is 1.74. The quantitative estimate of drug-likeness (QED) is 0.560. The number of aliphatic imine (C=N–C) groups is 1. The van der Waals surface area contributed by atoms with Crippen LogP contribution in [0.2, 0.25) is 0 Å². The first kappa shape index (κ1) is 8.05. The lowest BCUT2D eigenvalue weighted by molar-refractivity contribution is 0.262. The lowest BCUT2D eigenvalue weighted by Gasteiger charge is -2.19. The summed E-state index contributed by atoms with van der Waals surface area (Å²) in [6, 6.07) is 0. The van der Waals surface area contributed by atoms with Gasteiger partial charge in [0, 0.05) is 0 Å². The van der Waals surface area contributed by atoms with Crippen molar-refractivity contribution >= 4 is 6.40 Å². The van der Waals surface area contributed by atoms with E-state index in [4.69, 9.17) is 4.74 Å². The zero-order chi connectivity index (χ0) is 8.16. The number of hydrogen-bond donors (Lipinski definition) is 0. The van der Waals surface area contributed by atoms with Gasteiger partial charge in [-0.3, -0.25) is 0 Å². The monoisotopic (exact) mass is 150 g/mol. The average Bonchev–Trinajstić information content (AvgIpc) is 2.39. The van der Waals surface area contributed by atoms with E-state index >= 15 is 0 Å². The molecule has 2 nitrogen and oxygen atoms in total. The van der Waals surface area contributed by atoms with Crippen LogP contribution in [0.3, 0.4) is 0 Å². The van der Waals surface area contributed by atoms with Crippen LogP contribution in [0.5, 0.6) is 0 Å². The van der Waals surface area contributed by atoms with Crippen molar-refractivity contribution < 1.29 is 4.74 Å². The highest BCUT2D eigenvalue weighted by atomic mass is 16.5. The van der Waals surface area contributed by atoms with Gasteiger partial charge in [-0.2, -0.15) is 0 Å². The summed E-state index contributed by atoms with van der Waals surface area (Å²) in [5.74, 6) is 0. The van der Waals surface area contributed by atoms with Crippen molar-refractivity contribution in [2.24, 2.45) is 4.99 Å². The van der Waals surface area contributed by atoms with Gasteiger partial charge in [-0.15, -0.1) is 13.2 Å². The SMILES string of the molecule is C=CCC1(CC=C)CO[C]=N1. The topological polar surface area (TPSA) is 21.6 Å². The van der Waals surface area contributed by atoms with Crippen molar-refractivity contribution in [3.63, 3.8) is 0 Å². The zero-order valence-electron chi connectivity index (χ0n) is 6.55. The summed E-state index contributed by atoms with van der Waals surface area (Å²) in [6.07, 6.45) is 7.86. The van der Waals surface area contributed by atoms with E-state index in [0.29, 0.717) is 6.61 Å². The van der Waals surface area contributed by atoms with Crippen LogP contribution >= 0.6 is 0 Å². The molecule has 0 aromatic rings. The molecule has 2 heteroatoms. The molecule has 1 radical (unpaired) electrons. The Morgan fingerprint density at radius 1 is 1.45 bits per heavy atom. The molecule has 0 N–H and O–H groups in total. The second-order valence-corrected chi connectivity index (χ2v) is 2.70. The fourth-order valence-electron chi connectivity index (χ4n) is 1.16. The fraction of sp³-hybridized carbons (Fsp3) is 0.444. The smallest absolute Gasteiger partial charge is 0.273 e. The number of nitrogens with zero attached hydrogens (tertiary/aromatic N) is 1. The first-order valence-electron chi connectivity index (χ1n) is 3.63. The molecule has 0 spiro atoms. The Bertz CT molecular complexity index is 174. The van der Waals surface area contributed by atoms with E-state index in [1.54, 1.807) is 0 Å². The van der Waals surface area contributed by atoms with E-state index in [1.807, 2.05) is 12.2 Å². The normalized spacial score (nSPS) is 19.3. The van der Waals surface area contributed by atoms with E-state index in [-0.39, 0.29) is 5.54 Å². The van der Waals surface area contributed by atoms with Gasteiger partial charge in [-0.1, -0.05) is 12.2 Å². The van der Waals surface area contributed by atoms with Crippen LogP contribution in [0.1, 0.15) is 12.8 Å². The van der Waals surface area contributed by atoms with Crippen molar-refractivity contribution in [2.45, 2.75) is 18.4 Å². The molecule has 11 heavy (non-hydrogen) atoms. The second kappa shape index (κ2) is 3.37. The van der Waals surface area contributed by atoms with E-state index < -0.39 is 0 Å². The van der Waals surface area contributed by atoms with E-state index in [9.17, 15) is 0 Å². The maximum atomic E-state index is 4.95. The molecule has 59 valence electrons. The summed E-state index contributed by atoms with van der Waals surface area (Å²) >= 11 is 0. The Morgan fingerprint density at radius 2 is 2.09 bits per heavy atom. The molecular weight excluding hydrogens is 138 g/mol. The molecule has 0 aliphatic carbocycles. The van der Waals surface area contributed by atoms with Crippen LogP contribution in [0, 0.1) is 0 Å². The molecule has 0 saturated carbocycles. The molecule has 1 rings (SSSR count). The van der Waals surface area contributed by atoms with Gasteiger partial charge in [0.2, 0.25) is 0 Å². The van der Waals surface area contributed by atoms with Crippen molar-refractivity contribution in [3.05, 3.63) is 25.3 Å². The summed E-state index contributed by atoms with van der Waals surface area (Å²) in [7, 11) is 0. The molecule has 0 aromatic heterocycles. The van der Waals surface area contributed by atoms with Crippen molar-refractivity contribution in [1.29, 1.82) is 0 Å². The average molecular weight is 150 g/mol. The molecule has 0 atom stereocenters. The zero-order valence-corrected chi connectivity index (χ0v) is 6.55. The minimum Gasteiger partial charge on any atom is -0.471 e. The molecule has 0 bridgehead atoms. The van der Waals surface area contributed by atoms with Gasteiger partial charge in [0.15, 0.2) is 0 Å². The van der Waals surface area contributed by atoms with Gasteiger partial charge < -0.3 is 4.74 Å². The number of ether oxygens (including phenoxy) is 1. The number of rotatable bonds is 4. The summed E-state index contributed by atoms with van der Waals surface area (Å²) < 4.78 is 4.95. The van der Waals surface area contributed by atoms with Gasteiger partial charge in [-0.25, -0.2) is 4.99 Å². The van der Waals surface area contributed by atoms with Gasteiger partial charge >= 0.3 is 0 Å². The molecule has 0 saturated heterocycles. The lowest BCUT2D eigenvalue weighted by atomic mass is 9.93. The summed E-state index contributed by atoms with van der Waals surface area (Å²) in [6.45, 7) is 7.95. The molecule has 1 heterocycles. The number of hydrogen-bond acceptors (Lipinski definition) is 2. The fourth-order valence-corrected chi connectivity index (χ4v) is 1.16. The second-order valence-electron chi connectivity index (χ2n) is 2.70. The molecule has 0 unspecified atom stereocenters. The van der Waals surface area contributed by atoms with Gasteiger partial charge in [0.05, 0.1) is 0 Å². The first-order chi connectivity index (χ1) is 5.33. The molecular formula is C9H12NO. The van der Waals surface area contributed by atoms with Crippen molar-refractivity contribution in [2.75, 3.05) is 6.61 Å². The molecule has 1 aliphatic rings. The van der Waals surface area contributed by atoms with Crippen molar-refractivity contribution in [3.8, 4) is 0 Å². The van der Waals surface area contributed by atoms with Crippen LogP contribution in [0.15, 0.2) is 30.3 Å². The Kier molecular flexibility index (Phi) is 2.47. The Labute approximate surface area is 67.3 Å². The molecule has 1 aliphatic heterocycles. The minimum atomic E-state index is -0.149. The standard InChI is InChI=1S/C9H12NO/c1-3-5-9(6-4-2)7-11-8-10-9/h3-4H,1-2,5-7H2. The highest BCUT2D eigenvalue weighted by Gasteiger charge is 2.30. The Morgan fingerprint density at radius 3 is 2.45 bits per heavy atom. The van der Waals surface area contributed by atoms with Crippen molar-refractivity contribution in [1.82, 2.24) is 0 Å². The van der Waals surface area contributed by atoms with Crippen LogP contribution in [0.4, 0.5) is 0 Å². The maximum Gasteiger partial charge on any atom is 0.273 e.